The van der Waals surface area contributed by atoms with Crippen molar-refractivity contribution < 1.29 is 19.0 Å². The summed E-state index contributed by atoms with van der Waals surface area (Å²) in [7, 11) is 0. The molecule has 0 aliphatic carbocycles. The first-order chi connectivity index (χ1) is 10.1. The Morgan fingerprint density at radius 3 is 2.81 bits per heavy atom. The molecule has 2 N–H and O–H groups in total. The molecule has 2 aromatic carbocycles. The fourth-order valence-corrected chi connectivity index (χ4v) is 2.12. The molecule has 0 aliphatic rings. The van der Waals surface area contributed by atoms with Crippen LogP contribution < -0.4 is 10.1 Å². The van der Waals surface area contributed by atoms with E-state index >= 15 is 0 Å². The second-order valence-corrected chi connectivity index (χ2v) is 5.17. The SMILES string of the molecule is O=C(COc1ccc(F)cc1CO)Nc1cccc(Br)c1. The van der Waals surface area contributed by atoms with Gasteiger partial charge in [-0.3, -0.25) is 4.79 Å². The lowest BCUT2D eigenvalue weighted by Crippen LogP contribution is -2.20. The van der Waals surface area contributed by atoms with E-state index in [4.69, 9.17) is 9.84 Å². The number of ether oxygens (including phenoxy) is 1. The molecule has 0 heterocycles. The molecule has 110 valence electrons. The topological polar surface area (TPSA) is 58.6 Å². The highest BCUT2D eigenvalue weighted by Gasteiger charge is 2.08. The summed E-state index contributed by atoms with van der Waals surface area (Å²) >= 11 is 3.31. The van der Waals surface area contributed by atoms with Crippen LogP contribution in [0.5, 0.6) is 5.75 Å². The van der Waals surface area contributed by atoms with Gasteiger partial charge in [0.05, 0.1) is 6.61 Å². The number of benzene rings is 2. The van der Waals surface area contributed by atoms with Crippen molar-refractivity contribution in [2.45, 2.75) is 6.61 Å². The Balaban J connectivity index is 1.95. The zero-order chi connectivity index (χ0) is 15.2. The highest BCUT2D eigenvalue weighted by Crippen LogP contribution is 2.20. The van der Waals surface area contributed by atoms with E-state index in [-0.39, 0.29) is 24.9 Å². The lowest BCUT2D eigenvalue weighted by atomic mass is 10.2. The van der Waals surface area contributed by atoms with Crippen LogP contribution in [0, 0.1) is 5.82 Å². The minimum atomic E-state index is -0.468. The molecule has 1 amide bonds. The van der Waals surface area contributed by atoms with E-state index in [9.17, 15) is 9.18 Å². The Morgan fingerprint density at radius 2 is 2.10 bits per heavy atom. The van der Waals surface area contributed by atoms with Crippen LogP contribution in [-0.2, 0) is 11.4 Å². The Hall–Kier alpha value is -1.92. The fourth-order valence-electron chi connectivity index (χ4n) is 1.72. The van der Waals surface area contributed by atoms with E-state index < -0.39 is 5.82 Å². The Morgan fingerprint density at radius 1 is 1.29 bits per heavy atom. The van der Waals surface area contributed by atoms with Crippen LogP contribution in [0.2, 0.25) is 0 Å². The minimum absolute atomic E-state index is 0.231. The molecule has 0 spiro atoms. The predicted molar refractivity (Wildman–Crippen MR) is 80.6 cm³/mol. The van der Waals surface area contributed by atoms with Gasteiger partial charge in [0.25, 0.3) is 5.91 Å². The number of hydrogen-bond donors (Lipinski definition) is 2. The van der Waals surface area contributed by atoms with Crippen molar-refractivity contribution in [3.63, 3.8) is 0 Å². The van der Waals surface area contributed by atoms with Crippen molar-refractivity contribution in [1.82, 2.24) is 0 Å². The summed E-state index contributed by atoms with van der Waals surface area (Å²) in [5.74, 6) is -0.533. The van der Waals surface area contributed by atoms with Gasteiger partial charge in [0.1, 0.15) is 11.6 Å². The molecule has 0 aromatic heterocycles. The summed E-state index contributed by atoms with van der Waals surface area (Å²) in [5, 5.41) is 11.8. The maximum atomic E-state index is 13.0. The zero-order valence-electron chi connectivity index (χ0n) is 11.0. The van der Waals surface area contributed by atoms with Crippen LogP contribution in [0.4, 0.5) is 10.1 Å². The van der Waals surface area contributed by atoms with Gasteiger partial charge in [0.15, 0.2) is 6.61 Å². The van der Waals surface area contributed by atoms with Gasteiger partial charge in [0, 0.05) is 15.7 Å². The van der Waals surface area contributed by atoms with E-state index in [1.165, 1.54) is 18.2 Å². The molecule has 4 nitrogen and oxygen atoms in total. The van der Waals surface area contributed by atoms with Crippen molar-refractivity contribution in [3.05, 3.63) is 58.3 Å². The van der Waals surface area contributed by atoms with Crippen LogP contribution in [0.15, 0.2) is 46.9 Å². The Labute approximate surface area is 129 Å². The van der Waals surface area contributed by atoms with E-state index in [1.54, 1.807) is 18.2 Å². The van der Waals surface area contributed by atoms with Crippen molar-refractivity contribution >= 4 is 27.5 Å². The Kier molecular flexibility index (Phi) is 5.30. The highest BCUT2D eigenvalue weighted by atomic mass is 79.9. The normalized spacial score (nSPS) is 10.2. The van der Waals surface area contributed by atoms with Crippen LogP contribution in [-0.4, -0.2) is 17.6 Å². The fraction of sp³-hybridized carbons (Fsp3) is 0.133. The third-order valence-electron chi connectivity index (χ3n) is 2.66. The Bertz CT molecular complexity index is 649. The van der Waals surface area contributed by atoms with Crippen molar-refractivity contribution in [2.75, 3.05) is 11.9 Å². The summed E-state index contributed by atoms with van der Waals surface area (Å²) in [6.45, 7) is -0.592. The highest BCUT2D eigenvalue weighted by molar-refractivity contribution is 9.10. The molecular weight excluding hydrogens is 341 g/mol. The van der Waals surface area contributed by atoms with Gasteiger partial charge in [0.2, 0.25) is 0 Å². The smallest absolute Gasteiger partial charge is 0.262 e. The number of nitrogens with one attached hydrogen (secondary N) is 1. The molecule has 0 unspecified atom stereocenters. The molecule has 6 heteroatoms. The first kappa shape index (κ1) is 15.5. The molecule has 0 atom stereocenters. The third kappa shape index (κ3) is 4.54. The average Bonchev–Trinajstić information content (AvgIpc) is 2.45. The lowest BCUT2D eigenvalue weighted by molar-refractivity contribution is -0.118. The molecule has 0 radical (unpaired) electrons. The molecule has 0 saturated carbocycles. The lowest BCUT2D eigenvalue weighted by Gasteiger charge is -2.10. The van der Waals surface area contributed by atoms with Crippen molar-refractivity contribution in [3.8, 4) is 5.75 Å². The average molecular weight is 354 g/mol. The van der Waals surface area contributed by atoms with Gasteiger partial charge in [-0.1, -0.05) is 22.0 Å². The molecule has 0 saturated heterocycles. The number of aliphatic hydroxyl groups is 1. The van der Waals surface area contributed by atoms with Crippen molar-refractivity contribution in [2.24, 2.45) is 0 Å². The molecule has 2 aromatic rings. The molecule has 0 bridgehead atoms. The van der Waals surface area contributed by atoms with Gasteiger partial charge >= 0.3 is 0 Å². The molecule has 0 aliphatic heterocycles. The number of anilines is 1. The third-order valence-corrected chi connectivity index (χ3v) is 3.15. The number of hydrogen-bond acceptors (Lipinski definition) is 3. The van der Waals surface area contributed by atoms with Crippen LogP contribution in [0.1, 0.15) is 5.56 Å². The maximum Gasteiger partial charge on any atom is 0.262 e. The predicted octanol–water partition coefficient (Wildman–Crippen LogP) is 3.10. The van der Waals surface area contributed by atoms with E-state index in [1.807, 2.05) is 6.07 Å². The maximum absolute atomic E-state index is 13.0. The van der Waals surface area contributed by atoms with Crippen LogP contribution in [0.3, 0.4) is 0 Å². The summed E-state index contributed by atoms with van der Waals surface area (Å²) in [6, 6.07) is 10.9. The summed E-state index contributed by atoms with van der Waals surface area (Å²) in [5.41, 5.74) is 0.935. The summed E-state index contributed by atoms with van der Waals surface area (Å²) < 4.78 is 19.2. The largest absolute Gasteiger partial charge is 0.483 e. The zero-order valence-corrected chi connectivity index (χ0v) is 12.6. The molecule has 0 fully saturated rings. The number of halogens is 2. The molecule has 2 rings (SSSR count). The molecule has 21 heavy (non-hydrogen) atoms. The van der Waals surface area contributed by atoms with Crippen LogP contribution >= 0.6 is 15.9 Å². The van der Waals surface area contributed by atoms with E-state index in [0.717, 1.165) is 4.47 Å². The van der Waals surface area contributed by atoms with Crippen LogP contribution in [0.25, 0.3) is 0 Å². The van der Waals surface area contributed by atoms with Gasteiger partial charge in [-0.15, -0.1) is 0 Å². The summed E-state index contributed by atoms with van der Waals surface area (Å²) in [4.78, 5) is 11.8. The van der Waals surface area contributed by atoms with Gasteiger partial charge in [-0.2, -0.15) is 0 Å². The van der Waals surface area contributed by atoms with Gasteiger partial charge in [-0.25, -0.2) is 4.39 Å². The monoisotopic (exact) mass is 353 g/mol. The second kappa shape index (κ2) is 7.19. The second-order valence-electron chi connectivity index (χ2n) is 4.26. The van der Waals surface area contributed by atoms with Gasteiger partial charge in [-0.05, 0) is 36.4 Å². The number of aliphatic hydroxyl groups excluding tert-OH is 1. The number of amides is 1. The molecular formula is C15H13BrFNO3. The van der Waals surface area contributed by atoms with Gasteiger partial charge < -0.3 is 15.2 Å². The standard InChI is InChI=1S/C15H13BrFNO3/c16-11-2-1-3-13(7-11)18-15(20)9-21-14-5-4-12(17)6-10(14)8-19/h1-7,19H,8-9H2,(H,18,20). The number of carbonyl (C=O) groups excluding carboxylic acids is 1. The summed E-state index contributed by atoms with van der Waals surface area (Å²) in [6.07, 6.45) is 0. The van der Waals surface area contributed by atoms with E-state index in [2.05, 4.69) is 21.2 Å². The minimum Gasteiger partial charge on any atom is -0.483 e. The first-order valence-corrected chi connectivity index (χ1v) is 6.95. The number of carbonyl (C=O) groups is 1. The first-order valence-electron chi connectivity index (χ1n) is 6.16. The van der Waals surface area contributed by atoms with E-state index in [0.29, 0.717) is 11.3 Å². The van der Waals surface area contributed by atoms with Crippen molar-refractivity contribution in [1.29, 1.82) is 0 Å². The quantitative estimate of drug-likeness (QED) is 0.868. The number of rotatable bonds is 5.